The molecule has 1 atom stereocenters. The van der Waals surface area contributed by atoms with Crippen LogP contribution >= 0.6 is 0 Å². The Labute approximate surface area is 143 Å². The molecular formula is C17H26N2O4S. The highest BCUT2D eigenvalue weighted by Gasteiger charge is 2.35. The van der Waals surface area contributed by atoms with Crippen molar-refractivity contribution >= 4 is 15.9 Å². The van der Waals surface area contributed by atoms with Crippen LogP contribution in [-0.4, -0.2) is 43.5 Å². The highest BCUT2D eigenvalue weighted by molar-refractivity contribution is 7.92. The van der Waals surface area contributed by atoms with Crippen molar-refractivity contribution in [2.45, 2.75) is 49.5 Å². The highest BCUT2D eigenvalue weighted by Crippen LogP contribution is 2.27. The quantitative estimate of drug-likeness (QED) is 0.900. The molecular weight excluding hydrogens is 328 g/mol. The lowest BCUT2D eigenvalue weighted by molar-refractivity contribution is 0.0183. The second-order valence-electron chi connectivity index (χ2n) is 7.13. The van der Waals surface area contributed by atoms with Gasteiger partial charge in [0, 0.05) is 13.1 Å². The molecule has 1 saturated heterocycles. The molecule has 0 spiro atoms. The topological polar surface area (TPSA) is 89.7 Å². The van der Waals surface area contributed by atoms with Crippen LogP contribution in [0.5, 0.6) is 0 Å². The van der Waals surface area contributed by atoms with Crippen LogP contribution in [0.2, 0.25) is 0 Å². The molecule has 1 aliphatic rings. The van der Waals surface area contributed by atoms with Gasteiger partial charge in [-0.15, -0.1) is 0 Å². The van der Waals surface area contributed by atoms with Gasteiger partial charge in [0.25, 0.3) is 0 Å². The summed E-state index contributed by atoms with van der Waals surface area (Å²) >= 11 is 0. The number of nitrogens with two attached hydrogens (primary N) is 1. The molecule has 1 unspecified atom stereocenters. The van der Waals surface area contributed by atoms with E-state index in [1.807, 2.05) is 20.8 Å². The maximum absolute atomic E-state index is 12.6. The molecule has 0 radical (unpaired) electrons. The first-order valence-electron chi connectivity index (χ1n) is 8.14. The molecule has 1 amide bonds. The van der Waals surface area contributed by atoms with Crippen LogP contribution < -0.4 is 5.73 Å². The molecule has 1 aromatic carbocycles. The fourth-order valence-electron chi connectivity index (χ4n) is 2.76. The predicted octanol–water partition coefficient (Wildman–Crippen LogP) is 2.39. The normalized spacial score (nSPS) is 18.2. The largest absolute Gasteiger partial charge is 0.444 e. The van der Waals surface area contributed by atoms with Crippen LogP contribution in [0.25, 0.3) is 0 Å². The number of ether oxygens (including phenoxy) is 1. The van der Waals surface area contributed by atoms with Crippen LogP contribution in [0, 0.1) is 5.92 Å². The Hall–Kier alpha value is -1.60. The standard InChI is InChI=1S/C17H26N2O4S/c1-17(2,3)23-16(20)19-11-9-13(10-12-19)15(18)24(21,22)14-7-5-4-6-8-14/h4-8,13,15H,9-12,18H2,1-3H3. The van der Waals surface area contributed by atoms with E-state index >= 15 is 0 Å². The van der Waals surface area contributed by atoms with Crippen molar-refractivity contribution in [1.82, 2.24) is 4.90 Å². The molecule has 2 N–H and O–H groups in total. The Bertz CT molecular complexity index is 660. The average Bonchev–Trinajstić information content (AvgIpc) is 2.53. The van der Waals surface area contributed by atoms with E-state index in [2.05, 4.69) is 0 Å². The van der Waals surface area contributed by atoms with E-state index in [9.17, 15) is 13.2 Å². The van der Waals surface area contributed by atoms with Crippen molar-refractivity contribution < 1.29 is 17.9 Å². The number of nitrogens with zero attached hydrogens (tertiary/aromatic N) is 1. The first-order valence-corrected chi connectivity index (χ1v) is 9.68. The number of sulfone groups is 1. The van der Waals surface area contributed by atoms with Crippen LogP contribution in [0.15, 0.2) is 35.2 Å². The average molecular weight is 354 g/mol. The van der Waals surface area contributed by atoms with Crippen LogP contribution in [0.3, 0.4) is 0 Å². The maximum Gasteiger partial charge on any atom is 0.410 e. The lowest BCUT2D eigenvalue weighted by Gasteiger charge is -2.35. The molecule has 7 heteroatoms. The van der Waals surface area contributed by atoms with Crippen molar-refractivity contribution in [3.63, 3.8) is 0 Å². The Morgan fingerprint density at radius 1 is 1.21 bits per heavy atom. The van der Waals surface area contributed by atoms with Crippen molar-refractivity contribution in [3.8, 4) is 0 Å². The zero-order valence-electron chi connectivity index (χ0n) is 14.4. The predicted molar refractivity (Wildman–Crippen MR) is 92.1 cm³/mol. The summed E-state index contributed by atoms with van der Waals surface area (Å²) in [6, 6.07) is 8.26. The molecule has 134 valence electrons. The first kappa shape index (κ1) is 18.7. The molecule has 24 heavy (non-hydrogen) atoms. The number of rotatable bonds is 3. The minimum atomic E-state index is -3.56. The number of carbonyl (C=O) groups is 1. The van der Waals surface area contributed by atoms with Gasteiger partial charge in [0.05, 0.1) is 4.90 Å². The number of carbonyl (C=O) groups excluding carboxylic acids is 1. The van der Waals surface area contributed by atoms with Gasteiger partial charge >= 0.3 is 6.09 Å². The number of benzene rings is 1. The first-order chi connectivity index (χ1) is 11.1. The summed E-state index contributed by atoms with van der Waals surface area (Å²) in [6.07, 6.45) is 0.735. The van der Waals surface area contributed by atoms with E-state index in [0.29, 0.717) is 25.9 Å². The van der Waals surface area contributed by atoms with Crippen molar-refractivity contribution in [2.75, 3.05) is 13.1 Å². The number of likely N-dealkylation sites (tertiary alicyclic amines) is 1. The fraction of sp³-hybridized carbons (Fsp3) is 0.588. The third-order valence-electron chi connectivity index (χ3n) is 4.09. The van der Waals surface area contributed by atoms with Crippen molar-refractivity contribution in [3.05, 3.63) is 30.3 Å². The molecule has 1 aromatic rings. The number of hydrogen-bond acceptors (Lipinski definition) is 5. The van der Waals surface area contributed by atoms with E-state index in [4.69, 9.17) is 10.5 Å². The summed E-state index contributed by atoms with van der Waals surface area (Å²) in [5.41, 5.74) is 5.52. The lowest BCUT2D eigenvalue weighted by atomic mass is 9.97. The van der Waals surface area contributed by atoms with Crippen LogP contribution in [0.1, 0.15) is 33.6 Å². The van der Waals surface area contributed by atoms with Gasteiger partial charge in [0.15, 0.2) is 9.84 Å². The van der Waals surface area contributed by atoms with Crippen LogP contribution in [-0.2, 0) is 14.6 Å². The second kappa shape index (κ2) is 7.11. The minimum absolute atomic E-state index is 0.172. The van der Waals surface area contributed by atoms with Gasteiger partial charge in [-0.1, -0.05) is 18.2 Å². The molecule has 1 fully saturated rings. The third kappa shape index (κ3) is 4.48. The Morgan fingerprint density at radius 3 is 2.25 bits per heavy atom. The zero-order chi connectivity index (χ0) is 18.0. The summed E-state index contributed by atoms with van der Waals surface area (Å²) in [4.78, 5) is 13.9. The number of hydrogen-bond donors (Lipinski definition) is 1. The van der Waals surface area contributed by atoms with E-state index in [0.717, 1.165) is 0 Å². The van der Waals surface area contributed by atoms with Crippen molar-refractivity contribution in [1.29, 1.82) is 0 Å². The number of piperidine rings is 1. The van der Waals surface area contributed by atoms with E-state index in [1.54, 1.807) is 35.2 Å². The maximum atomic E-state index is 12.6. The molecule has 1 heterocycles. The van der Waals surface area contributed by atoms with Gasteiger partial charge < -0.3 is 15.4 Å². The molecule has 1 aliphatic heterocycles. The van der Waals surface area contributed by atoms with Crippen molar-refractivity contribution in [2.24, 2.45) is 11.7 Å². The van der Waals surface area contributed by atoms with E-state index in [-0.39, 0.29) is 16.9 Å². The lowest BCUT2D eigenvalue weighted by Crippen LogP contribution is -2.47. The number of amides is 1. The van der Waals surface area contributed by atoms with Gasteiger partial charge in [-0.05, 0) is 51.7 Å². The molecule has 0 bridgehead atoms. The van der Waals surface area contributed by atoms with E-state index in [1.165, 1.54) is 0 Å². The summed E-state index contributed by atoms with van der Waals surface area (Å²) in [6.45, 7) is 6.37. The summed E-state index contributed by atoms with van der Waals surface area (Å²) < 4.78 is 30.6. The molecule has 0 saturated carbocycles. The molecule has 0 aromatic heterocycles. The van der Waals surface area contributed by atoms with Gasteiger partial charge in [0.1, 0.15) is 11.0 Å². The summed E-state index contributed by atoms with van der Waals surface area (Å²) in [5.74, 6) is -0.172. The van der Waals surface area contributed by atoms with Crippen LogP contribution in [0.4, 0.5) is 4.79 Å². The zero-order valence-corrected chi connectivity index (χ0v) is 15.3. The fourth-order valence-corrected chi connectivity index (χ4v) is 4.39. The Kier molecular flexibility index (Phi) is 5.55. The molecule has 2 rings (SSSR count). The monoisotopic (exact) mass is 354 g/mol. The SMILES string of the molecule is CC(C)(C)OC(=O)N1CCC(C(N)S(=O)(=O)c2ccccc2)CC1. The highest BCUT2D eigenvalue weighted by atomic mass is 32.2. The second-order valence-corrected chi connectivity index (χ2v) is 9.23. The van der Waals surface area contributed by atoms with Gasteiger partial charge in [0.2, 0.25) is 0 Å². The molecule has 0 aliphatic carbocycles. The summed E-state index contributed by atoms with van der Waals surface area (Å²) in [5, 5.41) is -0.958. The minimum Gasteiger partial charge on any atom is -0.444 e. The van der Waals surface area contributed by atoms with Gasteiger partial charge in [-0.3, -0.25) is 0 Å². The van der Waals surface area contributed by atoms with E-state index < -0.39 is 20.8 Å². The van der Waals surface area contributed by atoms with Gasteiger partial charge in [-0.2, -0.15) is 0 Å². The Morgan fingerprint density at radius 2 is 1.75 bits per heavy atom. The Balaban J connectivity index is 1.98. The third-order valence-corrected chi connectivity index (χ3v) is 6.12. The smallest absolute Gasteiger partial charge is 0.410 e. The van der Waals surface area contributed by atoms with Gasteiger partial charge in [-0.25, -0.2) is 13.2 Å². The molecule has 6 nitrogen and oxygen atoms in total. The summed E-state index contributed by atoms with van der Waals surface area (Å²) in [7, 11) is -3.56.